The highest BCUT2D eigenvalue weighted by atomic mass is 16.3. The van der Waals surface area contributed by atoms with Gasteiger partial charge in [0.15, 0.2) is 0 Å². The van der Waals surface area contributed by atoms with E-state index in [-0.39, 0.29) is 12.1 Å². The second-order valence-corrected chi connectivity index (χ2v) is 5.69. The Hall–Kier alpha value is -2.28. The van der Waals surface area contributed by atoms with Gasteiger partial charge in [-0.15, -0.1) is 0 Å². The van der Waals surface area contributed by atoms with Crippen LogP contribution in [0.1, 0.15) is 31.6 Å². The summed E-state index contributed by atoms with van der Waals surface area (Å²) >= 11 is 0. The molecule has 0 spiro atoms. The Morgan fingerprint density at radius 1 is 1.43 bits per heavy atom. The van der Waals surface area contributed by atoms with Gasteiger partial charge in [-0.2, -0.15) is 5.10 Å². The zero-order valence-corrected chi connectivity index (χ0v) is 13.4. The van der Waals surface area contributed by atoms with Gasteiger partial charge in [0.05, 0.1) is 24.2 Å². The Balaban J connectivity index is 1.56. The first-order valence-corrected chi connectivity index (χ1v) is 8.11. The molecule has 0 aromatic carbocycles. The van der Waals surface area contributed by atoms with E-state index >= 15 is 0 Å². The van der Waals surface area contributed by atoms with Crippen LogP contribution in [-0.2, 0) is 6.54 Å². The van der Waals surface area contributed by atoms with Crippen LogP contribution in [0.2, 0.25) is 0 Å². The third kappa shape index (κ3) is 3.92. The number of nitrogens with zero attached hydrogens (tertiary/aromatic N) is 3. The van der Waals surface area contributed by atoms with E-state index in [1.54, 1.807) is 17.1 Å². The van der Waals surface area contributed by atoms with Crippen molar-refractivity contribution in [1.29, 1.82) is 0 Å². The van der Waals surface area contributed by atoms with Gasteiger partial charge in [-0.25, -0.2) is 4.79 Å². The average Bonchev–Trinajstić information content (AvgIpc) is 3.30. The molecule has 2 N–H and O–H groups in total. The largest absolute Gasteiger partial charge is 0.468 e. The SMILES string of the molecule is CCn1cc(NC(=O)NC[C@@H](c2ccco2)N2CCCC2)cn1. The molecular formula is C16H23N5O2. The minimum absolute atomic E-state index is 0.0802. The summed E-state index contributed by atoms with van der Waals surface area (Å²) < 4.78 is 7.32. The van der Waals surface area contributed by atoms with Gasteiger partial charge in [-0.05, 0) is 45.0 Å². The van der Waals surface area contributed by atoms with E-state index in [9.17, 15) is 4.79 Å². The molecule has 3 heterocycles. The number of carbonyl (C=O) groups is 1. The summed E-state index contributed by atoms with van der Waals surface area (Å²) in [6.07, 6.45) is 7.52. The van der Waals surface area contributed by atoms with Crippen LogP contribution in [0.4, 0.5) is 10.5 Å². The van der Waals surface area contributed by atoms with Crippen molar-refractivity contribution in [1.82, 2.24) is 20.0 Å². The normalized spacial score (nSPS) is 16.4. The third-order valence-corrected chi connectivity index (χ3v) is 4.12. The topological polar surface area (TPSA) is 75.3 Å². The predicted molar refractivity (Wildman–Crippen MR) is 87.2 cm³/mol. The fourth-order valence-corrected chi connectivity index (χ4v) is 2.91. The first kappa shape index (κ1) is 15.6. The molecule has 1 aliphatic heterocycles. The maximum Gasteiger partial charge on any atom is 0.319 e. The smallest absolute Gasteiger partial charge is 0.319 e. The van der Waals surface area contributed by atoms with Crippen molar-refractivity contribution in [2.45, 2.75) is 32.4 Å². The number of hydrogen-bond acceptors (Lipinski definition) is 4. The maximum atomic E-state index is 12.1. The molecule has 0 unspecified atom stereocenters. The standard InChI is InChI=1S/C16H23N5O2/c1-2-21-12-13(10-18-21)19-16(22)17-11-14(15-6-5-9-23-15)20-7-3-4-8-20/h5-6,9-10,12,14H,2-4,7-8,11H2,1H3,(H2,17,19,22)/t14-/m0/s1. The van der Waals surface area contributed by atoms with Crippen LogP contribution in [0.25, 0.3) is 0 Å². The highest BCUT2D eigenvalue weighted by molar-refractivity contribution is 5.88. The molecule has 1 saturated heterocycles. The number of likely N-dealkylation sites (tertiary alicyclic amines) is 1. The van der Waals surface area contributed by atoms with E-state index in [1.165, 1.54) is 12.8 Å². The van der Waals surface area contributed by atoms with Gasteiger partial charge in [-0.1, -0.05) is 0 Å². The lowest BCUT2D eigenvalue weighted by Crippen LogP contribution is -2.38. The molecule has 1 aliphatic rings. The molecule has 2 amide bonds. The Kier molecular flexibility index (Phi) is 4.97. The minimum Gasteiger partial charge on any atom is -0.468 e. The second kappa shape index (κ2) is 7.32. The summed E-state index contributed by atoms with van der Waals surface area (Å²) in [5.41, 5.74) is 0.695. The van der Waals surface area contributed by atoms with Crippen molar-refractivity contribution in [2.24, 2.45) is 0 Å². The van der Waals surface area contributed by atoms with Crippen LogP contribution in [-0.4, -0.2) is 40.3 Å². The quantitative estimate of drug-likeness (QED) is 0.858. The first-order chi connectivity index (χ1) is 11.3. The Bertz CT molecular complexity index is 616. The summed E-state index contributed by atoms with van der Waals surface area (Å²) in [6, 6.07) is 3.71. The van der Waals surface area contributed by atoms with Gasteiger partial charge in [0.2, 0.25) is 0 Å². The van der Waals surface area contributed by atoms with Gasteiger partial charge in [-0.3, -0.25) is 9.58 Å². The molecule has 7 heteroatoms. The molecule has 3 rings (SSSR count). The summed E-state index contributed by atoms with van der Waals surface area (Å²) in [5, 5.41) is 9.88. The highest BCUT2D eigenvalue weighted by Gasteiger charge is 2.25. The number of amides is 2. The number of nitrogens with one attached hydrogen (secondary N) is 2. The maximum absolute atomic E-state index is 12.1. The lowest BCUT2D eigenvalue weighted by Gasteiger charge is -2.25. The predicted octanol–water partition coefficient (Wildman–Crippen LogP) is 2.45. The van der Waals surface area contributed by atoms with Crippen molar-refractivity contribution in [2.75, 3.05) is 25.0 Å². The monoisotopic (exact) mass is 317 g/mol. The lowest BCUT2D eigenvalue weighted by molar-refractivity contribution is 0.207. The Labute approximate surface area is 135 Å². The van der Waals surface area contributed by atoms with Gasteiger partial charge in [0, 0.05) is 19.3 Å². The second-order valence-electron chi connectivity index (χ2n) is 5.69. The van der Waals surface area contributed by atoms with Gasteiger partial charge >= 0.3 is 6.03 Å². The Morgan fingerprint density at radius 3 is 2.91 bits per heavy atom. The van der Waals surface area contributed by atoms with E-state index in [0.717, 1.165) is 25.4 Å². The molecule has 0 radical (unpaired) electrons. The zero-order valence-electron chi connectivity index (χ0n) is 13.4. The molecule has 2 aromatic rings. The highest BCUT2D eigenvalue weighted by Crippen LogP contribution is 2.24. The van der Waals surface area contributed by atoms with Crippen LogP contribution in [0.3, 0.4) is 0 Å². The lowest BCUT2D eigenvalue weighted by atomic mass is 10.2. The number of furan rings is 1. The number of anilines is 1. The summed E-state index contributed by atoms with van der Waals surface area (Å²) in [4.78, 5) is 14.4. The molecule has 2 aromatic heterocycles. The fraction of sp³-hybridized carbons (Fsp3) is 0.500. The van der Waals surface area contributed by atoms with E-state index in [0.29, 0.717) is 12.2 Å². The minimum atomic E-state index is -0.226. The van der Waals surface area contributed by atoms with Crippen molar-refractivity contribution < 1.29 is 9.21 Å². The van der Waals surface area contributed by atoms with E-state index in [2.05, 4.69) is 20.6 Å². The molecule has 124 valence electrons. The van der Waals surface area contributed by atoms with Gasteiger partial charge in [0.25, 0.3) is 0 Å². The van der Waals surface area contributed by atoms with Crippen molar-refractivity contribution in [3.8, 4) is 0 Å². The zero-order chi connectivity index (χ0) is 16.1. The van der Waals surface area contributed by atoms with Crippen LogP contribution in [0, 0.1) is 0 Å². The van der Waals surface area contributed by atoms with Crippen molar-refractivity contribution >= 4 is 11.7 Å². The first-order valence-electron chi connectivity index (χ1n) is 8.11. The Morgan fingerprint density at radius 2 is 2.26 bits per heavy atom. The van der Waals surface area contributed by atoms with Crippen molar-refractivity contribution in [3.05, 3.63) is 36.5 Å². The molecule has 1 atom stereocenters. The number of rotatable bonds is 6. The van der Waals surface area contributed by atoms with E-state index in [1.807, 2.05) is 25.3 Å². The summed E-state index contributed by atoms with van der Waals surface area (Å²) in [5.74, 6) is 0.894. The molecule has 1 fully saturated rings. The van der Waals surface area contributed by atoms with E-state index in [4.69, 9.17) is 4.42 Å². The third-order valence-electron chi connectivity index (χ3n) is 4.12. The summed E-state index contributed by atoms with van der Waals surface area (Å²) in [6.45, 7) is 5.37. The van der Waals surface area contributed by atoms with Gasteiger partial charge in [0.1, 0.15) is 5.76 Å². The molecular weight excluding hydrogens is 294 g/mol. The number of aromatic nitrogens is 2. The van der Waals surface area contributed by atoms with E-state index < -0.39 is 0 Å². The number of urea groups is 1. The average molecular weight is 317 g/mol. The molecule has 7 nitrogen and oxygen atoms in total. The number of carbonyl (C=O) groups excluding carboxylic acids is 1. The molecule has 0 aliphatic carbocycles. The molecule has 0 bridgehead atoms. The van der Waals surface area contributed by atoms with Gasteiger partial charge < -0.3 is 15.1 Å². The van der Waals surface area contributed by atoms with Crippen LogP contribution < -0.4 is 10.6 Å². The van der Waals surface area contributed by atoms with Crippen LogP contribution >= 0.6 is 0 Å². The molecule has 23 heavy (non-hydrogen) atoms. The fourth-order valence-electron chi connectivity index (χ4n) is 2.91. The number of aryl methyl sites for hydroxylation is 1. The van der Waals surface area contributed by atoms with Crippen molar-refractivity contribution in [3.63, 3.8) is 0 Å². The summed E-state index contributed by atoms with van der Waals surface area (Å²) in [7, 11) is 0. The molecule has 0 saturated carbocycles. The number of hydrogen-bond donors (Lipinski definition) is 2. The van der Waals surface area contributed by atoms with Crippen LogP contribution in [0.5, 0.6) is 0 Å². The van der Waals surface area contributed by atoms with Crippen LogP contribution in [0.15, 0.2) is 35.2 Å².